The second-order valence-corrected chi connectivity index (χ2v) is 5.33. The fourth-order valence-corrected chi connectivity index (χ4v) is 2.50. The van der Waals surface area contributed by atoms with E-state index < -0.39 is 6.03 Å². The van der Waals surface area contributed by atoms with E-state index in [0.717, 1.165) is 6.42 Å². The van der Waals surface area contributed by atoms with Crippen molar-refractivity contribution >= 4 is 11.9 Å². The lowest BCUT2D eigenvalue weighted by atomic mass is 9.78. The van der Waals surface area contributed by atoms with Crippen LogP contribution in [-0.4, -0.2) is 31.1 Å². The van der Waals surface area contributed by atoms with Gasteiger partial charge in [-0.3, -0.25) is 10.1 Å². The zero-order chi connectivity index (χ0) is 13.7. The summed E-state index contributed by atoms with van der Waals surface area (Å²) in [5, 5.41) is 8.00. The molecule has 5 heteroatoms. The fraction of sp³-hybridized carbons (Fsp3) is 0.846. The smallest absolute Gasteiger partial charge is 0.321 e. The number of carbonyl (C=O) groups excluding carboxylic acids is 2. The van der Waals surface area contributed by atoms with E-state index >= 15 is 0 Å². The molecule has 0 aromatic carbocycles. The Bertz CT molecular complexity index is 307. The molecule has 1 aliphatic rings. The van der Waals surface area contributed by atoms with Crippen LogP contribution in [0.15, 0.2) is 0 Å². The average molecular weight is 255 g/mol. The second kappa shape index (κ2) is 6.73. The number of carbonyl (C=O) groups is 2. The highest BCUT2D eigenvalue weighted by atomic mass is 16.2. The van der Waals surface area contributed by atoms with Gasteiger partial charge in [-0.15, -0.1) is 0 Å². The molecule has 1 aliphatic carbocycles. The molecule has 0 radical (unpaired) electrons. The van der Waals surface area contributed by atoms with E-state index in [2.05, 4.69) is 29.8 Å². The first-order valence-corrected chi connectivity index (χ1v) is 6.74. The highest BCUT2D eigenvalue weighted by Gasteiger charge is 2.29. The van der Waals surface area contributed by atoms with Crippen molar-refractivity contribution in [2.24, 2.45) is 11.8 Å². The van der Waals surface area contributed by atoms with E-state index in [1.807, 2.05) is 0 Å². The predicted molar refractivity (Wildman–Crippen MR) is 71.2 cm³/mol. The van der Waals surface area contributed by atoms with Crippen molar-refractivity contribution in [2.75, 3.05) is 7.05 Å². The van der Waals surface area contributed by atoms with Gasteiger partial charge < -0.3 is 10.6 Å². The second-order valence-electron chi connectivity index (χ2n) is 5.33. The summed E-state index contributed by atoms with van der Waals surface area (Å²) in [4.78, 5) is 22.8. The molecule has 3 N–H and O–H groups in total. The van der Waals surface area contributed by atoms with E-state index in [9.17, 15) is 9.59 Å². The summed E-state index contributed by atoms with van der Waals surface area (Å²) in [6.07, 6.45) is 3.56. The number of hydrogen-bond donors (Lipinski definition) is 3. The molecule has 1 rings (SSSR count). The Hall–Kier alpha value is -1.10. The Labute approximate surface area is 109 Å². The Kier molecular flexibility index (Phi) is 5.59. The maximum Gasteiger partial charge on any atom is 0.321 e. The summed E-state index contributed by atoms with van der Waals surface area (Å²) in [5.74, 6) is 0.972. The lowest BCUT2D eigenvalue weighted by Crippen LogP contribution is -2.52. The van der Waals surface area contributed by atoms with Crippen LogP contribution >= 0.6 is 0 Å². The van der Waals surface area contributed by atoms with Gasteiger partial charge in [-0.2, -0.15) is 0 Å². The Morgan fingerprint density at radius 1 is 1.22 bits per heavy atom. The van der Waals surface area contributed by atoms with Gasteiger partial charge in [0, 0.05) is 13.1 Å². The standard InChI is InChI=1S/C13H25N3O2/c1-8-6-5-7-11(9(8)2)15-10(3)12(17)16-13(18)14-4/h8-11,15H,5-7H2,1-4H3,(H2,14,16,17,18)/t8-,9-,10-,11+/m0/s1. The number of amides is 3. The minimum atomic E-state index is -0.460. The Balaban J connectivity index is 2.45. The van der Waals surface area contributed by atoms with Crippen molar-refractivity contribution in [3.8, 4) is 0 Å². The van der Waals surface area contributed by atoms with Crippen LogP contribution in [0.3, 0.4) is 0 Å². The molecule has 0 bridgehead atoms. The minimum absolute atomic E-state index is 0.278. The maximum atomic E-state index is 11.7. The lowest BCUT2D eigenvalue weighted by Gasteiger charge is -2.36. The van der Waals surface area contributed by atoms with Crippen LogP contribution in [0.1, 0.15) is 40.0 Å². The van der Waals surface area contributed by atoms with Crippen molar-refractivity contribution < 1.29 is 9.59 Å². The van der Waals surface area contributed by atoms with Crippen LogP contribution in [0.5, 0.6) is 0 Å². The first-order chi connectivity index (χ1) is 8.45. The summed E-state index contributed by atoms with van der Waals surface area (Å²) < 4.78 is 0. The van der Waals surface area contributed by atoms with Gasteiger partial charge in [0.1, 0.15) is 0 Å². The Morgan fingerprint density at radius 3 is 2.50 bits per heavy atom. The van der Waals surface area contributed by atoms with Crippen LogP contribution in [0.25, 0.3) is 0 Å². The molecule has 1 saturated carbocycles. The van der Waals surface area contributed by atoms with Crippen molar-refractivity contribution in [1.29, 1.82) is 0 Å². The molecule has 0 aromatic heterocycles. The van der Waals surface area contributed by atoms with Gasteiger partial charge in [-0.25, -0.2) is 4.79 Å². The highest BCUT2D eigenvalue weighted by molar-refractivity contribution is 5.96. The summed E-state index contributed by atoms with van der Waals surface area (Å²) in [7, 11) is 1.49. The molecule has 0 unspecified atom stereocenters. The summed E-state index contributed by atoms with van der Waals surface area (Å²) in [5.41, 5.74) is 0. The third-order valence-electron chi connectivity index (χ3n) is 4.03. The molecule has 0 saturated heterocycles. The number of imide groups is 1. The molecule has 18 heavy (non-hydrogen) atoms. The lowest BCUT2D eigenvalue weighted by molar-refractivity contribution is -0.122. The molecule has 0 aliphatic heterocycles. The van der Waals surface area contributed by atoms with E-state index in [1.54, 1.807) is 6.92 Å². The number of rotatable bonds is 3. The molecule has 1 fully saturated rings. The SMILES string of the molecule is CNC(=O)NC(=O)[C@H](C)N[C@@H]1CCC[C@H](C)[C@@H]1C. The van der Waals surface area contributed by atoms with Crippen LogP contribution < -0.4 is 16.0 Å². The molecular weight excluding hydrogens is 230 g/mol. The quantitative estimate of drug-likeness (QED) is 0.710. The van der Waals surface area contributed by atoms with Gasteiger partial charge >= 0.3 is 6.03 Å². The van der Waals surface area contributed by atoms with E-state index in [1.165, 1.54) is 19.9 Å². The summed E-state index contributed by atoms with van der Waals surface area (Å²) >= 11 is 0. The van der Waals surface area contributed by atoms with Crippen molar-refractivity contribution in [3.05, 3.63) is 0 Å². The third kappa shape index (κ3) is 3.98. The number of nitrogens with one attached hydrogen (secondary N) is 3. The Morgan fingerprint density at radius 2 is 1.89 bits per heavy atom. The maximum absolute atomic E-state index is 11.7. The molecule has 0 spiro atoms. The monoisotopic (exact) mass is 255 g/mol. The van der Waals surface area contributed by atoms with E-state index in [4.69, 9.17) is 0 Å². The van der Waals surface area contributed by atoms with Crippen LogP contribution in [0.2, 0.25) is 0 Å². The number of urea groups is 1. The van der Waals surface area contributed by atoms with Gasteiger partial charge in [-0.05, 0) is 25.2 Å². The van der Waals surface area contributed by atoms with Crippen LogP contribution in [-0.2, 0) is 4.79 Å². The number of hydrogen-bond acceptors (Lipinski definition) is 3. The fourth-order valence-electron chi connectivity index (χ4n) is 2.50. The van der Waals surface area contributed by atoms with Gasteiger partial charge in [0.15, 0.2) is 0 Å². The predicted octanol–water partition coefficient (Wildman–Crippen LogP) is 1.24. The van der Waals surface area contributed by atoms with Gasteiger partial charge in [0.05, 0.1) is 6.04 Å². The van der Waals surface area contributed by atoms with Crippen LogP contribution in [0.4, 0.5) is 4.79 Å². The molecule has 3 amide bonds. The normalized spacial score (nSPS) is 29.4. The van der Waals surface area contributed by atoms with E-state index in [0.29, 0.717) is 17.9 Å². The van der Waals surface area contributed by atoms with Gasteiger partial charge in [0.2, 0.25) is 5.91 Å². The highest BCUT2D eigenvalue weighted by Crippen LogP contribution is 2.29. The van der Waals surface area contributed by atoms with Crippen LogP contribution in [0, 0.1) is 11.8 Å². The summed E-state index contributed by atoms with van der Waals surface area (Å²) in [6, 6.07) is -0.446. The molecule has 4 atom stereocenters. The molecule has 0 aromatic rings. The van der Waals surface area contributed by atoms with E-state index in [-0.39, 0.29) is 11.9 Å². The minimum Gasteiger partial charge on any atom is -0.341 e. The first-order valence-electron chi connectivity index (χ1n) is 6.74. The zero-order valence-electron chi connectivity index (χ0n) is 11.7. The van der Waals surface area contributed by atoms with Crippen molar-refractivity contribution in [3.63, 3.8) is 0 Å². The molecule has 5 nitrogen and oxygen atoms in total. The molecule has 0 heterocycles. The third-order valence-corrected chi connectivity index (χ3v) is 4.03. The van der Waals surface area contributed by atoms with Gasteiger partial charge in [-0.1, -0.05) is 26.7 Å². The molecular formula is C13H25N3O2. The van der Waals surface area contributed by atoms with Crippen molar-refractivity contribution in [2.45, 2.75) is 52.1 Å². The van der Waals surface area contributed by atoms with Gasteiger partial charge in [0.25, 0.3) is 0 Å². The first kappa shape index (κ1) is 15.0. The average Bonchev–Trinajstić information content (AvgIpc) is 2.34. The zero-order valence-corrected chi connectivity index (χ0v) is 11.7. The largest absolute Gasteiger partial charge is 0.341 e. The summed E-state index contributed by atoms with van der Waals surface area (Å²) in [6.45, 7) is 6.28. The van der Waals surface area contributed by atoms with Crippen molar-refractivity contribution in [1.82, 2.24) is 16.0 Å². The molecule has 104 valence electrons. The topological polar surface area (TPSA) is 70.2 Å².